The fourth-order valence-corrected chi connectivity index (χ4v) is 3.30. The number of nitrogens with zero attached hydrogens (tertiary/aromatic N) is 1. The molecule has 144 valence electrons. The third kappa shape index (κ3) is 5.05. The number of primary amides is 1. The first-order chi connectivity index (χ1) is 13.4. The summed E-state index contributed by atoms with van der Waals surface area (Å²) in [6, 6.07) is 12.2. The average Bonchev–Trinajstić information content (AvgIpc) is 2.99. The minimum absolute atomic E-state index is 0.231. The number of hydrogen-bond donors (Lipinski definition) is 2. The van der Waals surface area contributed by atoms with Gasteiger partial charge < -0.3 is 20.5 Å². The van der Waals surface area contributed by atoms with Gasteiger partial charge in [0.25, 0.3) is 11.1 Å². The smallest absolute Gasteiger partial charge is 0.289 e. The van der Waals surface area contributed by atoms with Gasteiger partial charge in [-0.25, -0.2) is 4.99 Å². The number of aliphatic imine (C=N–C) groups is 1. The van der Waals surface area contributed by atoms with Crippen molar-refractivity contribution in [3.05, 3.63) is 58.0 Å². The van der Waals surface area contributed by atoms with Gasteiger partial charge in [0.1, 0.15) is 5.84 Å². The maximum atomic E-state index is 11.9. The Morgan fingerprint density at radius 2 is 2.11 bits per heavy atom. The number of hydrogen-bond acceptors (Lipinski definition) is 6. The van der Waals surface area contributed by atoms with E-state index >= 15 is 0 Å². The number of halogens is 1. The van der Waals surface area contributed by atoms with Gasteiger partial charge in [0.2, 0.25) is 0 Å². The third-order valence-electron chi connectivity index (χ3n) is 3.56. The Balaban J connectivity index is 1.93. The minimum Gasteiger partial charge on any atom is -0.493 e. The molecule has 1 fully saturated rings. The lowest BCUT2D eigenvalue weighted by atomic mass is 10.2. The SMILES string of the molecule is COc1ccc(/C=C2\SC(=O)NC2=Nc2cccc(Cl)c2)cc1OCC(N)=O. The number of benzene rings is 2. The molecule has 3 N–H and O–H groups in total. The van der Waals surface area contributed by atoms with Crippen molar-refractivity contribution < 1.29 is 19.1 Å². The number of nitrogens with two attached hydrogens (primary N) is 1. The first-order valence-corrected chi connectivity index (χ1v) is 9.28. The highest BCUT2D eigenvalue weighted by Gasteiger charge is 2.23. The van der Waals surface area contributed by atoms with E-state index in [1.807, 2.05) is 0 Å². The predicted molar refractivity (Wildman–Crippen MR) is 110 cm³/mol. The van der Waals surface area contributed by atoms with Gasteiger partial charge in [-0.05, 0) is 53.7 Å². The maximum absolute atomic E-state index is 11.9. The normalized spacial score (nSPS) is 16.3. The molecule has 0 aliphatic carbocycles. The summed E-state index contributed by atoms with van der Waals surface area (Å²) < 4.78 is 10.6. The van der Waals surface area contributed by atoms with Gasteiger partial charge in [-0.2, -0.15) is 0 Å². The van der Waals surface area contributed by atoms with Crippen LogP contribution in [0, 0.1) is 0 Å². The van der Waals surface area contributed by atoms with E-state index in [1.54, 1.807) is 48.5 Å². The molecule has 7 nitrogen and oxygen atoms in total. The minimum atomic E-state index is -0.595. The van der Waals surface area contributed by atoms with E-state index in [9.17, 15) is 9.59 Å². The van der Waals surface area contributed by atoms with Crippen molar-refractivity contribution in [2.75, 3.05) is 13.7 Å². The molecule has 0 radical (unpaired) electrons. The van der Waals surface area contributed by atoms with Crippen LogP contribution >= 0.6 is 23.4 Å². The van der Waals surface area contributed by atoms with Crippen LogP contribution in [0.5, 0.6) is 11.5 Å². The summed E-state index contributed by atoms with van der Waals surface area (Å²) in [6.07, 6.45) is 1.78. The average molecular weight is 418 g/mol. The van der Waals surface area contributed by atoms with Gasteiger partial charge in [-0.1, -0.05) is 23.7 Å². The summed E-state index contributed by atoms with van der Waals surface area (Å²) in [5, 5.41) is 3.04. The molecular weight excluding hydrogens is 402 g/mol. The van der Waals surface area contributed by atoms with Crippen LogP contribution in [0.25, 0.3) is 6.08 Å². The van der Waals surface area contributed by atoms with Crippen LogP contribution < -0.4 is 20.5 Å². The molecule has 1 aliphatic rings. The molecule has 28 heavy (non-hydrogen) atoms. The zero-order chi connectivity index (χ0) is 20.1. The maximum Gasteiger partial charge on any atom is 0.289 e. The lowest BCUT2D eigenvalue weighted by Crippen LogP contribution is -2.20. The summed E-state index contributed by atoms with van der Waals surface area (Å²) in [6.45, 7) is -0.271. The summed E-state index contributed by atoms with van der Waals surface area (Å²) in [5.74, 6) is 0.659. The van der Waals surface area contributed by atoms with E-state index in [4.69, 9.17) is 26.8 Å². The third-order valence-corrected chi connectivity index (χ3v) is 4.61. The second kappa shape index (κ2) is 8.81. The molecule has 1 aliphatic heterocycles. The molecule has 2 aromatic rings. The number of nitrogens with one attached hydrogen (secondary N) is 1. The summed E-state index contributed by atoms with van der Waals surface area (Å²) >= 11 is 7.02. The Morgan fingerprint density at radius 1 is 1.29 bits per heavy atom. The van der Waals surface area contributed by atoms with Crippen LogP contribution in [0.3, 0.4) is 0 Å². The highest BCUT2D eigenvalue weighted by Crippen LogP contribution is 2.32. The number of ether oxygens (including phenoxy) is 2. The van der Waals surface area contributed by atoms with Gasteiger partial charge >= 0.3 is 0 Å². The molecule has 1 saturated heterocycles. The number of thioether (sulfide) groups is 1. The van der Waals surface area contributed by atoms with Crippen molar-refractivity contribution in [3.8, 4) is 11.5 Å². The van der Waals surface area contributed by atoms with Gasteiger partial charge in [0, 0.05) is 5.02 Å². The molecule has 0 spiro atoms. The van der Waals surface area contributed by atoms with Gasteiger partial charge in [0.05, 0.1) is 17.7 Å². The van der Waals surface area contributed by atoms with Crippen LogP contribution in [-0.4, -0.2) is 30.7 Å². The molecule has 2 amide bonds. The van der Waals surface area contributed by atoms with Crippen LogP contribution in [0.4, 0.5) is 10.5 Å². The van der Waals surface area contributed by atoms with E-state index in [1.165, 1.54) is 7.11 Å². The van der Waals surface area contributed by atoms with E-state index in [0.717, 1.165) is 17.3 Å². The highest BCUT2D eigenvalue weighted by molar-refractivity contribution is 8.18. The van der Waals surface area contributed by atoms with E-state index in [0.29, 0.717) is 32.9 Å². The highest BCUT2D eigenvalue weighted by atomic mass is 35.5. The van der Waals surface area contributed by atoms with Crippen LogP contribution in [0.2, 0.25) is 5.02 Å². The Hall–Kier alpha value is -2.97. The Kier molecular flexibility index (Phi) is 6.23. The van der Waals surface area contributed by atoms with Crippen LogP contribution in [0.15, 0.2) is 52.4 Å². The van der Waals surface area contributed by atoms with Crippen molar-refractivity contribution in [2.45, 2.75) is 0 Å². The molecule has 0 bridgehead atoms. The van der Waals surface area contributed by atoms with E-state index < -0.39 is 5.91 Å². The Labute approximate surface area is 170 Å². The monoisotopic (exact) mass is 417 g/mol. The number of methoxy groups -OCH3 is 1. The molecule has 1 heterocycles. The van der Waals surface area contributed by atoms with Gasteiger partial charge in [-0.15, -0.1) is 0 Å². The second-order valence-electron chi connectivity index (χ2n) is 5.63. The van der Waals surface area contributed by atoms with Crippen molar-refractivity contribution in [2.24, 2.45) is 10.7 Å². The zero-order valence-corrected chi connectivity index (χ0v) is 16.3. The van der Waals surface area contributed by atoms with E-state index in [-0.39, 0.29) is 11.8 Å². The standard InChI is InChI=1S/C19H16ClN3O4S/c1-26-14-6-5-11(7-15(14)27-10-17(21)24)8-16-18(23-19(25)28-16)22-13-4-2-3-12(20)9-13/h2-9H,10H2,1H3,(H2,21,24)(H,22,23,25)/b16-8-. The predicted octanol–water partition coefficient (Wildman–Crippen LogP) is 3.74. The molecule has 3 rings (SSSR count). The van der Waals surface area contributed by atoms with Gasteiger partial charge in [0.15, 0.2) is 18.1 Å². The fraction of sp³-hybridized carbons (Fsp3) is 0.105. The van der Waals surface area contributed by atoms with Crippen molar-refractivity contribution >= 4 is 52.1 Å². The number of rotatable bonds is 6. The fourth-order valence-electron chi connectivity index (χ4n) is 2.38. The molecule has 0 aromatic heterocycles. The summed E-state index contributed by atoms with van der Waals surface area (Å²) in [5.41, 5.74) is 6.48. The van der Waals surface area contributed by atoms with Crippen molar-refractivity contribution in [3.63, 3.8) is 0 Å². The van der Waals surface area contributed by atoms with Crippen LogP contribution in [-0.2, 0) is 4.79 Å². The number of carbonyl (C=O) groups is 2. The quantitative estimate of drug-likeness (QED) is 0.745. The van der Waals surface area contributed by atoms with Crippen LogP contribution in [0.1, 0.15) is 5.56 Å². The molecule has 0 unspecified atom stereocenters. The molecule has 9 heteroatoms. The second-order valence-corrected chi connectivity index (χ2v) is 7.08. The van der Waals surface area contributed by atoms with Crippen molar-refractivity contribution in [1.82, 2.24) is 5.32 Å². The molecule has 0 atom stereocenters. The van der Waals surface area contributed by atoms with Gasteiger partial charge in [-0.3, -0.25) is 9.59 Å². The zero-order valence-electron chi connectivity index (χ0n) is 14.8. The van der Waals surface area contributed by atoms with E-state index in [2.05, 4.69) is 10.3 Å². The number of carbonyl (C=O) groups excluding carboxylic acids is 2. The number of amides is 2. The Morgan fingerprint density at radius 3 is 2.82 bits per heavy atom. The molecular formula is C19H16ClN3O4S. The summed E-state index contributed by atoms with van der Waals surface area (Å²) in [7, 11) is 1.50. The lowest BCUT2D eigenvalue weighted by molar-refractivity contribution is -0.119. The molecule has 2 aromatic carbocycles. The topological polar surface area (TPSA) is 103 Å². The number of amidine groups is 1. The largest absolute Gasteiger partial charge is 0.493 e. The lowest BCUT2D eigenvalue weighted by Gasteiger charge is -2.10. The molecule has 0 saturated carbocycles. The first-order valence-electron chi connectivity index (χ1n) is 8.09. The van der Waals surface area contributed by atoms with Crippen molar-refractivity contribution in [1.29, 1.82) is 0 Å². The first kappa shape index (κ1) is 19.8. The summed E-state index contributed by atoms with van der Waals surface area (Å²) in [4.78, 5) is 27.9. The Bertz CT molecular complexity index is 991.